The Bertz CT molecular complexity index is 331. The summed E-state index contributed by atoms with van der Waals surface area (Å²) in [6, 6.07) is 1.31. The maximum atomic E-state index is 11.1. The molecule has 0 spiro atoms. The molecule has 70 valence electrons. The lowest BCUT2D eigenvalue weighted by Gasteiger charge is -1.95. The van der Waals surface area contributed by atoms with Gasteiger partial charge in [-0.1, -0.05) is 0 Å². The number of aromatic amines is 1. The van der Waals surface area contributed by atoms with E-state index in [4.69, 9.17) is 5.73 Å². The zero-order chi connectivity index (χ0) is 9.84. The Morgan fingerprint density at radius 3 is 2.85 bits per heavy atom. The number of hydrogen-bond donors (Lipinski definition) is 3. The number of aromatic nitrogens is 2. The second-order valence-electron chi connectivity index (χ2n) is 2.39. The van der Waals surface area contributed by atoms with E-state index in [2.05, 4.69) is 15.5 Å². The maximum absolute atomic E-state index is 11.1. The standard InChI is InChI=1S/C7H10N4O2/c1-2-9-7(13)5-3-4(6(8)12)10-11-5/h3H,2H2,1H3,(H2,8,12)(H,9,13)(H,10,11). The van der Waals surface area contributed by atoms with E-state index in [0.29, 0.717) is 6.54 Å². The van der Waals surface area contributed by atoms with Crippen molar-refractivity contribution in [2.45, 2.75) is 6.92 Å². The predicted octanol–water partition coefficient (Wildman–Crippen LogP) is -0.742. The van der Waals surface area contributed by atoms with E-state index in [1.54, 1.807) is 6.92 Å². The van der Waals surface area contributed by atoms with Gasteiger partial charge in [-0.15, -0.1) is 0 Å². The smallest absolute Gasteiger partial charge is 0.269 e. The molecule has 6 nitrogen and oxygen atoms in total. The zero-order valence-corrected chi connectivity index (χ0v) is 7.13. The molecule has 0 saturated carbocycles. The molecule has 0 aliphatic carbocycles. The summed E-state index contributed by atoms with van der Waals surface area (Å²) in [5.74, 6) is -0.964. The first-order chi connectivity index (χ1) is 6.15. The highest BCUT2D eigenvalue weighted by atomic mass is 16.2. The van der Waals surface area contributed by atoms with Crippen molar-refractivity contribution in [1.82, 2.24) is 15.5 Å². The van der Waals surface area contributed by atoms with Crippen LogP contribution in [0.1, 0.15) is 27.9 Å². The minimum atomic E-state index is -0.660. The quantitative estimate of drug-likeness (QED) is 0.573. The van der Waals surface area contributed by atoms with Gasteiger partial charge in [-0.3, -0.25) is 14.7 Å². The monoisotopic (exact) mass is 182 g/mol. The molecule has 0 fully saturated rings. The van der Waals surface area contributed by atoms with Crippen LogP contribution in [-0.4, -0.2) is 28.6 Å². The summed E-state index contributed by atoms with van der Waals surface area (Å²) in [6.45, 7) is 2.31. The van der Waals surface area contributed by atoms with E-state index >= 15 is 0 Å². The van der Waals surface area contributed by atoms with Gasteiger partial charge in [0.2, 0.25) is 0 Å². The fourth-order valence-electron chi connectivity index (χ4n) is 0.820. The van der Waals surface area contributed by atoms with Gasteiger partial charge >= 0.3 is 0 Å². The van der Waals surface area contributed by atoms with E-state index < -0.39 is 5.91 Å². The molecule has 13 heavy (non-hydrogen) atoms. The summed E-state index contributed by atoms with van der Waals surface area (Å²) in [5.41, 5.74) is 5.24. The molecule has 0 aromatic carbocycles. The lowest BCUT2D eigenvalue weighted by molar-refractivity contribution is 0.0950. The highest BCUT2D eigenvalue weighted by Gasteiger charge is 2.10. The van der Waals surface area contributed by atoms with Crippen LogP contribution in [0, 0.1) is 0 Å². The number of carbonyl (C=O) groups is 2. The second-order valence-corrected chi connectivity index (χ2v) is 2.39. The Kier molecular flexibility index (Phi) is 2.63. The number of rotatable bonds is 3. The van der Waals surface area contributed by atoms with Crippen molar-refractivity contribution in [1.29, 1.82) is 0 Å². The molecule has 0 aliphatic heterocycles. The Labute approximate surface area is 74.5 Å². The van der Waals surface area contributed by atoms with Crippen molar-refractivity contribution in [2.75, 3.05) is 6.54 Å². The number of carbonyl (C=O) groups excluding carboxylic acids is 2. The second kappa shape index (κ2) is 3.70. The van der Waals surface area contributed by atoms with Crippen LogP contribution in [0.2, 0.25) is 0 Å². The Morgan fingerprint density at radius 2 is 2.38 bits per heavy atom. The van der Waals surface area contributed by atoms with Gasteiger partial charge in [-0.2, -0.15) is 5.10 Å². The maximum Gasteiger partial charge on any atom is 0.269 e. The molecule has 0 saturated heterocycles. The number of primary amides is 1. The first kappa shape index (κ1) is 9.24. The van der Waals surface area contributed by atoms with E-state index in [-0.39, 0.29) is 17.3 Å². The van der Waals surface area contributed by atoms with Gasteiger partial charge in [0.15, 0.2) is 5.69 Å². The largest absolute Gasteiger partial charge is 0.364 e. The van der Waals surface area contributed by atoms with Crippen molar-refractivity contribution in [2.24, 2.45) is 5.73 Å². The SMILES string of the molecule is CCNC(=O)c1cc(C(N)=O)n[nH]1. The molecular formula is C7H10N4O2. The van der Waals surface area contributed by atoms with Crippen LogP contribution in [0.5, 0.6) is 0 Å². The third kappa shape index (κ3) is 2.05. The number of nitrogens with two attached hydrogens (primary N) is 1. The third-order valence-electron chi connectivity index (χ3n) is 1.41. The van der Waals surface area contributed by atoms with E-state index in [1.807, 2.05) is 0 Å². The molecule has 1 rings (SSSR count). The molecule has 0 aliphatic rings. The summed E-state index contributed by atoms with van der Waals surface area (Å²) in [7, 11) is 0. The minimum absolute atomic E-state index is 0.0567. The molecule has 1 aromatic heterocycles. The molecule has 0 radical (unpaired) electrons. The summed E-state index contributed by atoms with van der Waals surface area (Å²) in [4.78, 5) is 21.7. The lowest BCUT2D eigenvalue weighted by atomic mass is 10.3. The van der Waals surface area contributed by atoms with E-state index in [1.165, 1.54) is 6.07 Å². The van der Waals surface area contributed by atoms with Crippen LogP contribution in [0.15, 0.2) is 6.07 Å². The van der Waals surface area contributed by atoms with Crippen molar-refractivity contribution >= 4 is 11.8 Å². The highest BCUT2D eigenvalue weighted by molar-refractivity contribution is 5.96. The van der Waals surface area contributed by atoms with Crippen molar-refractivity contribution in [3.8, 4) is 0 Å². The highest BCUT2D eigenvalue weighted by Crippen LogP contribution is 1.97. The summed E-state index contributed by atoms with van der Waals surface area (Å²) >= 11 is 0. The fraction of sp³-hybridized carbons (Fsp3) is 0.286. The van der Waals surface area contributed by atoms with Crippen LogP contribution < -0.4 is 11.1 Å². The Balaban J connectivity index is 2.79. The molecule has 2 amide bonds. The fourth-order valence-corrected chi connectivity index (χ4v) is 0.820. The number of amides is 2. The van der Waals surface area contributed by atoms with Crippen molar-refractivity contribution in [3.63, 3.8) is 0 Å². The molecule has 0 bridgehead atoms. The molecule has 4 N–H and O–H groups in total. The number of hydrogen-bond acceptors (Lipinski definition) is 3. The van der Waals surface area contributed by atoms with Gasteiger partial charge in [0.25, 0.3) is 11.8 Å². The molecular weight excluding hydrogens is 172 g/mol. The van der Waals surface area contributed by atoms with E-state index in [9.17, 15) is 9.59 Å². The number of nitrogens with one attached hydrogen (secondary N) is 2. The summed E-state index contributed by atoms with van der Waals surface area (Å²) in [6.07, 6.45) is 0. The average molecular weight is 182 g/mol. The normalized spacial score (nSPS) is 9.62. The van der Waals surface area contributed by atoms with Crippen molar-refractivity contribution in [3.05, 3.63) is 17.5 Å². The van der Waals surface area contributed by atoms with Crippen LogP contribution in [0.25, 0.3) is 0 Å². The Morgan fingerprint density at radius 1 is 1.69 bits per heavy atom. The van der Waals surface area contributed by atoms with Crippen molar-refractivity contribution < 1.29 is 9.59 Å². The molecule has 0 atom stereocenters. The predicted molar refractivity (Wildman–Crippen MR) is 45.1 cm³/mol. The van der Waals surface area contributed by atoms with Gasteiger partial charge in [-0.25, -0.2) is 0 Å². The van der Waals surface area contributed by atoms with Gasteiger partial charge < -0.3 is 11.1 Å². The zero-order valence-electron chi connectivity index (χ0n) is 7.13. The van der Waals surface area contributed by atoms with Crippen LogP contribution in [-0.2, 0) is 0 Å². The number of H-pyrrole nitrogens is 1. The van der Waals surface area contributed by atoms with E-state index in [0.717, 1.165) is 0 Å². The van der Waals surface area contributed by atoms with Gasteiger partial charge in [-0.05, 0) is 6.92 Å². The van der Waals surface area contributed by atoms with Gasteiger partial charge in [0.1, 0.15) is 5.69 Å². The molecule has 1 aromatic rings. The lowest BCUT2D eigenvalue weighted by Crippen LogP contribution is -2.22. The van der Waals surface area contributed by atoms with Crippen LogP contribution in [0.3, 0.4) is 0 Å². The van der Waals surface area contributed by atoms with Crippen LogP contribution in [0.4, 0.5) is 0 Å². The molecule has 1 heterocycles. The summed E-state index contributed by atoms with van der Waals surface area (Å²) in [5, 5.41) is 8.52. The van der Waals surface area contributed by atoms with Crippen LogP contribution >= 0.6 is 0 Å². The molecule has 0 unspecified atom stereocenters. The third-order valence-corrected chi connectivity index (χ3v) is 1.41. The first-order valence-corrected chi connectivity index (χ1v) is 3.78. The number of nitrogens with zero attached hydrogens (tertiary/aromatic N) is 1. The summed E-state index contributed by atoms with van der Waals surface area (Å²) < 4.78 is 0. The van der Waals surface area contributed by atoms with Gasteiger partial charge in [0.05, 0.1) is 0 Å². The first-order valence-electron chi connectivity index (χ1n) is 3.78. The topological polar surface area (TPSA) is 101 Å². The molecule has 6 heteroatoms. The average Bonchev–Trinajstić information content (AvgIpc) is 2.52. The van der Waals surface area contributed by atoms with Gasteiger partial charge in [0, 0.05) is 12.6 Å². The Hall–Kier alpha value is -1.85. The minimum Gasteiger partial charge on any atom is -0.364 e.